The molecule has 1 saturated heterocycles. The molecule has 0 aromatic heterocycles. The third-order valence-corrected chi connectivity index (χ3v) is 3.38. The van der Waals surface area contributed by atoms with E-state index in [2.05, 4.69) is 10.2 Å². The van der Waals surface area contributed by atoms with E-state index in [1.165, 1.54) is 32.0 Å². The molecular weight excluding hydrogens is 231 g/mol. The van der Waals surface area contributed by atoms with Gasteiger partial charge in [-0.3, -0.25) is 0 Å². The highest BCUT2D eigenvalue weighted by atomic mass is 19.1. The van der Waals surface area contributed by atoms with Crippen LogP contribution in [-0.2, 0) is 6.54 Å². The largest absolute Gasteiger partial charge is 0.497 e. The maximum Gasteiger partial charge on any atom is 0.131 e. The van der Waals surface area contributed by atoms with Crippen molar-refractivity contribution in [2.24, 2.45) is 0 Å². The van der Waals surface area contributed by atoms with Crippen LogP contribution in [0.3, 0.4) is 0 Å². The summed E-state index contributed by atoms with van der Waals surface area (Å²) < 4.78 is 18.6. The van der Waals surface area contributed by atoms with Gasteiger partial charge in [0.05, 0.1) is 7.11 Å². The van der Waals surface area contributed by atoms with Crippen LogP contribution in [0.4, 0.5) is 4.39 Å². The van der Waals surface area contributed by atoms with Crippen LogP contribution in [0.15, 0.2) is 18.2 Å². The first-order chi connectivity index (χ1) is 8.79. The summed E-state index contributed by atoms with van der Waals surface area (Å²) in [5.41, 5.74) is 0.692. The number of rotatable bonds is 6. The molecule has 3 nitrogen and oxygen atoms in total. The molecule has 1 aromatic rings. The number of halogens is 1. The van der Waals surface area contributed by atoms with Crippen molar-refractivity contribution in [3.8, 4) is 5.75 Å². The Labute approximate surface area is 108 Å². The standard InChI is InChI=1S/C14H21FN2O/c1-18-13-5-4-12(14(15)10-13)11-16-6-9-17-7-2-3-8-17/h4-5,10,16H,2-3,6-9,11H2,1H3. The Morgan fingerprint density at radius 2 is 2.11 bits per heavy atom. The summed E-state index contributed by atoms with van der Waals surface area (Å²) in [6.07, 6.45) is 2.63. The normalized spacial score (nSPS) is 16.1. The third kappa shape index (κ3) is 3.68. The Hall–Kier alpha value is -1.13. The second-order valence-corrected chi connectivity index (χ2v) is 4.68. The van der Waals surface area contributed by atoms with Gasteiger partial charge in [0.25, 0.3) is 0 Å². The van der Waals surface area contributed by atoms with Crippen LogP contribution in [0.25, 0.3) is 0 Å². The molecule has 100 valence electrons. The molecule has 1 aliphatic heterocycles. The lowest BCUT2D eigenvalue weighted by atomic mass is 10.2. The van der Waals surface area contributed by atoms with Gasteiger partial charge in [0.2, 0.25) is 0 Å². The first kappa shape index (κ1) is 13.3. The number of hydrogen-bond acceptors (Lipinski definition) is 3. The molecule has 1 fully saturated rings. The van der Waals surface area contributed by atoms with E-state index in [0.717, 1.165) is 13.1 Å². The summed E-state index contributed by atoms with van der Waals surface area (Å²) in [6.45, 7) is 4.95. The van der Waals surface area contributed by atoms with Crippen molar-refractivity contribution < 1.29 is 9.13 Å². The van der Waals surface area contributed by atoms with E-state index in [4.69, 9.17) is 4.74 Å². The van der Waals surface area contributed by atoms with Crippen molar-refractivity contribution in [1.29, 1.82) is 0 Å². The van der Waals surface area contributed by atoms with Gasteiger partial charge in [-0.1, -0.05) is 6.07 Å². The van der Waals surface area contributed by atoms with E-state index >= 15 is 0 Å². The monoisotopic (exact) mass is 252 g/mol. The highest BCUT2D eigenvalue weighted by Gasteiger charge is 2.10. The number of hydrogen-bond donors (Lipinski definition) is 1. The van der Waals surface area contributed by atoms with Gasteiger partial charge < -0.3 is 15.0 Å². The lowest BCUT2D eigenvalue weighted by Gasteiger charge is -2.15. The Kier molecular flexibility index (Phi) is 4.96. The molecule has 0 amide bonds. The minimum absolute atomic E-state index is 0.206. The highest BCUT2D eigenvalue weighted by Crippen LogP contribution is 2.15. The average molecular weight is 252 g/mol. The van der Waals surface area contributed by atoms with Gasteiger partial charge in [0.1, 0.15) is 11.6 Å². The van der Waals surface area contributed by atoms with Gasteiger partial charge in [0.15, 0.2) is 0 Å². The van der Waals surface area contributed by atoms with Crippen molar-refractivity contribution in [2.75, 3.05) is 33.3 Å². The average Bonchev–Trinajstić information content (AvgIpc) is 2.89. The van der Waals surface area contributed by atoms with E-state index in [1.54, 1.807) is 19.2 Å². The van der Waals surface area contributed by atoms with Gasteiger partial charge >= 0.3 is 0 Å². The molecule has 1 aliphatic rings. The van der Waals surface area contributed by atoms with Crippen LogP contribution in [0.1, 0.15) is 18.4 Å². The number of ether oxygens (including phenoxy) is 1. The lowest BCUT2D eigenvalue weighted by Crippen LogP contribution is -2.29. The van der Waals surface area contributed by atoms with Crippen molar-refractivity contribution >= 4 is 0 Å². The van der Waals surface area contributed by atoms with Crippen LogP contribution in [0.5, 0.6) is 5.75 Å². The topological polar surface area (TPSA) is 24.5 Å². The number of methoxy groups -OCH3 is 1. The van der Waals surface area contributed by atoms with Crippen LogP contribution in [0, 0.1) is 5.82 Å². The van der Waals surface area contributed by atoms with Gasteiger partial charge in [-0.15, -0.1) is 0 Å². The summed E-state index contributed by atoms with van der Waals surface area (Å²) in [5.74, 6) is 0.358. The van der Waals surface area contributed by atoms with Crippen molar-refractivity contribution in [3.63, 3.8) is 0 Å². The lowest BCUT2D eigenvalue weighted by molar-refractivity contribution is 0.335. The second kappa shape index (κ2) is 6.71. The van der Waals surface area contributed by atoms with E-state index in [0.29, 0.717) is 17.9 Å². The predicted molar refractivity (Wildman–Crippen MR) is 70.3 cm³/mol. The van der Waals surface area contributed by atoms with Gasteiger partial charge in [0, 0.05) is 31.3 Å². The van der Waals surface area contributed by atoms with Crippen LogP contribution in [-0.4, -0.2) is 38.2 Å². The molecule has 0 bridgehead atoms. The number of nitrogens with one attached hydrogen (secondary N) is 1. The Bertz CT molecular complexity index is 378. The third-order valence-electron chi connectivity index (χ3n) is 3.38. The van der Waals surface area contributed by atoms with Crippen LogP contribution >= 0.6 is 0 Å². The molecule has 0 radical (unpaired) electrons. The van der Waals surface area contributed by atoms with Gasteiger partial charge in [-0.25, -0.2) is 4.39 Å². The molecular formula is C14H21FN2O. The number of nitrogens with zero attached hydrogens (tertiary/aromatic N) is 1. The summed E-state index contributed by atoms with van der Waals surface area (Å²) in [7, 11) is 1.54. The molecule has 0 atom stereocenters. The maximum absolute atomic E-state index is 13.6. The van der Waals surface area contributed by atoms with Crippen molar-refractivity contribution in [2.45, 2.75) is 19.4 Å². The zero-order chi connectivity index (χ0) is 12.8. The van der Waals surface area contributed by atoms with E-state index < -0.39 is 0 Å². The fourth-order valence-corrected chi connectivity index (χ4v) is 2.26. The van der Waals surface area contributed by atoms with Crippen molar-refractivity contribution in [1.82, 2.24) is 10.2 Å². The molecule has 0 saturated carbocycles. The SMILES string of the molecule is COc1ccc(CNCCN2CCCC2)c(F)c1. The second-order valence-electron chi connectivity index (χ2n) is 4.68. The highest BCUT2D eigenvalue weighted by molar-refractivity contribution is 5.28. The Morgan fingerprint density at radius 1 is 1.33 bits per heavy atom. The Morgan fingerprint density at radius 3 is 2.78 bits per heavy atom. The molecule has 0 unspecified atom stereocenters. The van der Waals surface area contributed by atoms with Crippen molar-refractivity contribution in [3.05, 3.63) is 29.6 Å². The predicted octanol–water partition coefficient (Wildman–Crippen LogP) is 2.02. The van der Waals surface area contributed by atoms with E-state index in [1.807, 2.05) is 0 Å². The first-order valence-corrected chi connectivity index (χ1v) is 6.55. The van der Waals surface area contributed by atoms with Gasteiger partial charge in [-0.2, -0.15) is 0 Å². The quantitative estimate of drug-likeness (QED) is 0.784. The first-order valence-electron chi connectivity index (χ1n) is 6.55. The number of likely N-dealkylation sites (tertiary alicyclic amines) is 1. The zero-order valence-electron chi connectivity index (χ0n) is 10.9. The molecule has 0 aliphatic carbocycles. The molecule has 1 aromatic carbocycles. The minimum Gasteiger partial charge on any atom is -0.497 e. The van der Waals surface area contributed by atoms with Gasteiger partial charge in [-0.05, 0) is 32.0 Å². The fraction of sp³-hybridized carbons (Fsp3) is 0.571. The minimum atomic E-state index is -0.206. The molecule has 1 heterocycles. The molecule has 4 heteroatoms. The summed E-state index contributed by atoms with van der Waals surface area (Å²) in [4.78, 5) is 2.44. The van der Waals surface area contributed by atoms with E-state index in [-0.39, 0.29) is 5.82 Å². The summed E-state index contributed by atoms with van der Waals surface area (Å²) >= 11 is 0. The number of benzene rings is 1. The summed E-state index contributed by atoms with van der Waals surface area (Å²) in [5, 5.41) is 3.28. The molecule has 1 N–H and O–H groups in total. The molecule has 18 heavy (non-hydrogen) atoms. The molecule has 2 rings (SSSR count). The molecule has 0 spiro atoms. The van der Waals surface area contributed by atoms with E-state index in [9.17, 15) is 4.39 Å². The zero-order valence-corrected chi connectivity index (χ0v) is 10.9. The fourth-order valence-electron chi connectivity index (χ4n) is 2.26. The van der Waals surface area contributed by atoms with Crippen LogP contribution < -0.4 is 10.1 Å². The summed E-state index contributed by atoms with van der Waals surface area (Å²) in [6, 6.07) is 5.00. The smallest absolute Gasteiger partial charge is 0.131 e. The Balaban J connectivity index is 1.72. The maximum atomic E-state index is 13.6. The van der Waals surface area contributed by atoms with Crippen LogP contribution in [0.2, 0.25) is 0 Å².